The minimum atomic E-state index is -0.675. The number of hydrogen-bond acceptors (Lipinski definition) is 7. The van der Waals surface area contributed by atoms with E-state index < -0.39 is 17.9 Å². The van der Waals surface area contributed by atoms with Gasteiger partial charge in [-0.05, 0) is 66.9 Å². The fourth-order valence-corrected chi connectivity index (χ4v) is 3.75. The average Bonchev–Trinajstić information content (AvgIpc) is 3.31. The van der Waals surface area contributed by atoms with Gasteiger partial charge in [0.05, 0.1) is 0 Å². The van der Waals surface area contributed by atoms with E-state index in [-0.39, 0.29) is 5.69 Å². The van der Waals surface area contributed by atoms with Crippen molar-refractivity contribution in [3.8, 4) is 22.9 Å². The van der Waals surface area contributed by atoms with Crippen LogP contribution in [0.2, 0.25) is 0 Å². The SMILES string of the molecule is CN=Cc1ccc(Oc2ccc(-c3nc(C(N)=O)cc(N4CCCC4C(N)=O)n3)cc2)cc1. The second-order valence-electron chi connectivity index (χ2n) is 7.64. The van der Waals surface area contributed by atoms with Crippen molar-refractivity contribution in [1.29, 1.82) is 0 Å². The van der Waals surface area contributed by atoms with Gasteiger partial charge in [0.2, 0.25) is 5.91 Å². The molecule has 1 fully saturated rings. The van der Waals surface area contributed by atoms with Crippen LogP contribution in [-0.2, 0) is 4.79 Å². The lowest BCUT2D eigenvalue weighted by molar-refractivity contribution is -0.119. The van der Waals surface area contributed by atoms with Gasteiger partial charge < -0.3 is 21.1 Å². The number of ether oxygens (including phenoxy) is 1. The van der Waals surface area contributed by atoms with Gasteiger partial charge in [0, 0.05) is 31.4 Å². The maximum Gasteiger partial charge on any atom is 0.267 e. The molecule has 1 saturated heterocycles. The third kappa shape index (κ3) is 4.98. The maximum absolute atomic E-state index is 11.9. The summed E-state index contributed by atoms with van der Waals surface area (Å²) < 4.78 is 5.89. The van der Waals surface area contributed by atoms with Gasteiger partial charge in [-0.3, -0.25) is 14.6 Å². The third-order valence-electron chi connectivity index (χ3n) is 5.35. The predicted octanol–water partition coefficient (Wildman–Crippen LogP) is 2.54. The van der Waals surface area contributed by atoms with Crippen molar-refractivity contribution in [3.05, 3.63) is 65.9 Å². The first-order chi connectivity index (χ1) is 15.9. The number of aliphatic imine (C=N–C) groups is 1. The molecule has 1 aliphatic rings. The molecule has 4 N–H and O–H groups in total. The van der Waals surface area contributed by atoms with Gasteiger partial charge in [0.15, 0.2) is 5.82 Å². The fraction of sp³-hybridized carbons (Fsp3) is 0.208. The number of nitrogens with zero attached hydrogens (tertiary/aromatic N) is 4. The van der Waals surface area contributed by atoms with Crippen molar-refractivity contribution >= 4 is 23.8 Å². The molecule has 1 atom stereocenters. The Morgan fingerprint density at radius 1 is 1.06 bits per heavy atom. The van der Waals surface area contributed by atoms with Crippen molar-refractivity contribution in [2.24, 2.45) is 16.5 Å². The first-order valence-corrected chi connectivity index (χ1v) is 10.5. The highest BCUT2D eigenvalue weighted by Gasteiger charge is 2.31. The molecule has 2 aromatic carbocycles. The predicted molar refractivity (Wildman–Crippen MR) is 126 cm³/mol. The molecular weight excluding hydrogens is 420 g/mol. The highest BCUT2D eigenvalue weighted by atomic mass is 16.5. The lowest BCUT2D eigenvalue weighted by atomic mass is 10.2. The molecule has 1 aliphatic heterocycles. The van der Waals surface area contributed by atoms with E-state index in [1.165, 1.54) is 6.07 Å². The maximum atomic E-state index is 11.9. The van der Waals surface area contributed by atoms with Crippen LogP contribution in [0.15, 0.2) is 59.6 Å². The summed E-state index contributed by atoms with van der Waals surface area (Å²) >= 11 is 0. The van der Waals surface area contributed by atoms with E-state index in [1.807, 2.05) is 24.3 Å². The smallest absolute Gasteiger partial charge is 0.267 e. The molecule has 0 spiro atoms. The topological polar surface area (TPSA) is 137 Å². The molecule has 0 saturated carbocycles. The Labute approximate surface area is 191 Å². The molecule has 4 rings (SSSR count). The summed E-state index contributed by atoms with van der Waals surface area (Å²) in [6.07, 6.45) is 3.21. The number of carbonyl (C=O) groups is 2. The first kappa shape index (κ1) is 21.9. The average molecular weight is 444 g/mol. The summed E-state index contributed by atoms with van der Waals surface area (Å²) in [5.41, 5.74) is 12.8. The Hall–Kier alpha value is -4.27. The number of hydrogen-bond donors (Lipinski definition) is 2. The van der Waals surface area contributed by atoms with Crippen LogP contribution in [-0.4, -0.2) is 47.6 Å². The number of primary amides is 2. The van der Waals surface area contributed by atoms with Gasteiger partial charge in [-0.15, -0.1) is 0 Å². The highest BCUT2D eigenvalue weighted by Crippen LogP contribution is 2.28. The summed E-state index contributed by atoms with van der Waals surface area (Å²) in [6.45, 7) is 0.609. The Morgan fingerprint density at radius 3 is 2.33 bits per heavy atom. The molecule has 9 nitrogen and oxygen atoms in total. The van der Waals surface area contributed by atoms with E-state index in [2.05, 4.69) is 15.0 Å². The van der Waals surface area contributed by atoms with Crippen molar-refractivity contribution in [2.45, 2.75) is 18.9 Å². The van der Waals surface area contributed by atoms with Gasteiger partial charge >= 0.3 is 0 Å². The summed E-state index contributed by atoms with van der Waals surface area (Å²) in [5.74, 6) is 1.00. The Kier molecular flexibility index (Phi) is 6.30. The summed E-state index contributed by atoms with van der Waals surface area (Å²) in [6, 6.07) is 15.8. The molecule has 0 bridgehead atoms. The lowest BCUT2D eigenvalue weighted by Gasteiger charge is -2.23. The molecule has 0 aliphatic carbocycles. The monoisotopic (exact) mass is 444 g/mol. The number of benzene rings is 2. The molecule has 1 unspecified atom stereocenters. The van der Waals surface area contributed by atoms with E-state index in [0.29, 0.717) is 41.7 Å². The number of rotatable bonds is 7. The van der Waals surface area contributed by atoms with E-state index in [9.17, 15) is 9.59 Å². The van der Waals surface area contributed by atoms with E-state index in [0.717, 1.165) is 12.0 Å². The van der Waals surface area contributed by atoms with Crippen LogP contribution in [0, 0.1) is 0 Å². The van der Waals surface area contributed by atoms with Crippen LogP contribution in [0.1, 0.15) is 28.9 Å². The number of aromatic nitrogens is 2. The second kappa shape index (κ2) is 9.47. The summed E-state index contributed by atoms with van der Waals surface area (Å²) in [7, 11) is 1.72. The quantitative estimate of drug-likeness (QED) is 0.537. The van der Waals surface area contributed by atoms with Crippen LogP contribution in [0.25, 0.3) is 11.4 Å². The van der Waals surface area contributed by atoms with Gasteiger partial charge in [-0.25, -0.2) is 9.97 Å². The molecule has 3 aromatic rings. The molecule has 33 heavy (non-hydrogen) atoms. The molecule has 1 aromatic heterocycles. The van der Waals surface area contributed by atoms with Crippen LogP contribution >= 0.6 is 0 Å². The van der Waals surface area contributed by atoms with Crippen molar-refractivity contribution in [2.75, 3.05) is 18.5 Å². The molecule has 2 amide bonds. The van der Waals surface area contributed by atoms with Crippen molar-refractivity contribution < 1.29 is 14.3 Å². The lowest BCUT2D eigenvalue weighted by Crippen LogP contribution is -2.41. The summed E-state index contributed by atoms with van der Waals surface area (Å²) in [5, 5.41) is 0. The largest absolute Gasteiger partial charge is 0.457 e. The molecule has 168 valence electrons. The van der Waals surface area contributed by atoms with Crippen LogP contribution in [0.3, 0.4) is 0 Å². The standard InChI is InChI=1S/C24H24N6O3/c1-27-14-15-4-8-17(9-5-15)33-18-10-6-16(7-11-18)24-28-19(22(25)31)13-21(29-24)30-12-2-3-20(30)23(26)32/h4-11,13-14,20H,2-3,12H2,1H3,(H2,25,31)(H2,26,32). The third-order valence-corrected chi connectivity index (χ3v) is 5.35. The molecule has 9 heteroatoms. The Balaban J connectivity index is 1.59. The fourth-order valence-electron chi connectivity index (χ4n) is 3.75. The van der Waals surface area contributed by atoms with Gasteiger partial charge in [-0.1, -0.05) is 0 Å². The van der Waals surface area contributed by atoms with Gasteiger partial charge in [0.25, 0.3) is 5.91 Å². The molecular formula is C24H24N6O3. The zero-order valence-electron chi connectivity index (χ0n) is 18.1. The number of nitrogens with two attached hydrogens (primary N) is 2. The number of anilines is 1. The van der Waals surface area contributed by atoms with Crippen molar-refractivity contribution in [1.82, 2.24) is 9.97 Å². The molecule has 0 radical (unpaired) electrons. The van der Waals surface area contributed by atoms with Gasteiger partial charge in [0.1, 0.15) is 29.1 Å². The van der Waals surface area contributed by atoms with E-state index in [4.69, 9.17) is 16.2 Å². The second-order valence-corrected chi connectivity index (χ2v) is 7.64. The number of amides is 2. The minimum absolute atomic E-state index is 0.0705. The minimum Gasteiger partial charge on any atom is -0.457 e. The van der Waals surface area contributed by atoms with Crippen LogP contribution < -0.4 is 21.1 Å². The Bertz CT molecular complexity index is 1190. The number of carbonyl (C=O) groups excluding carboxylic acids is 2. The van der Waals surface area contributed by atoms with Crippen molar-refractivity contribution in [3.63, 3.8) is 0 Å². The molecule has 2 heterocycles. The first-order valence-electron chi connectivity index (χ1n) is 10.5. The summed E-state index contributed by atoms with van der Waals surface area (Å²) in [4.78, 5) is 38.4. The zero-order valence-corrected chi connectivity index (χ0v) is 18.1. The van der Waals surface area contributed by atoms with E-state index in [1.54, 1.807) is 42.4 Å². The van der Waals surface area contributed by atoms with Crippen LogP contribution in [0.4, 0.5) is 5.82 Å². The Morgan fingerprint density at radius 2 is 1.73 bits per heavy atom. The van der Waals surface area contributed by atoms with E-state index >= 15 is 0 Å². The highest BCUT2D eigenvalue weighted by molar-refractivity contribution is 5.92. The van der Waals surface area contributed by atoms with Gasteiger partial charge in [-0.2, -0.15) is 0 Å². The van der Waals surface area contributed by atoms with Crippen LogP contribution in [0.5, 0.6) is 11.5 Å². The zero-order chi connectivity index (χ0) is 23.4. The normalized spacial score (nSPS) is 15.7.